The number of aliphatic hydroxyl groups is 1. The van der Waals surface area contributed by atoms with Crippen LogP contribution in [0.2, 0.25) is 16.6 Å². The highest BCUT2D eigenvalue weighted by Crippen LogP contribution is 2.40. The van der Waals surface area contributed by atoms with E-state index in [1.165, 1.54) is 0 Å². The molecule has 3 heteroatoms. The summed E-state index contributed by atoms with van der Waals surface area (Å²) in [6.45, 7) is 14.0. The minimum atomic E-state index is -1.69. The summed E-state index contributed by atoms with van der Waals surface area (Å²) in [7, 11) is -0.0718. The molecule has 129 valence electrons. The molecule has 0 saturated carbocycles. The van der Waals surface area contributed by atoms with Gasteiger partial charge in [-0.3, -0.25) is 5.54 Å². The fourth-order valence-corrected chi connectivity index (χ4v) is 8.94. The monoisotopic (exact) mass is 332 g/mol. The van der Waals surface area contributed by atoms with Gasteiger partial charge in [0.2, 0.25) is 0 Å². The molecule has 1 rings (SSSR count). The van der Waals surface area contributed by atoms with Crippen molar-refractivity contribution in [3.8, 4) is 11.5 Å². The minimum Gasteiger partial charge on any atom is -0.393 e. The van der Waals surface area contributed by atoms with E-state index in [1.54, 1.807) is 7.11 Å². The zero-order valence-corrected chi connectivity index (χ0v) is 16.7. The van der Waals surface area contributed by atoms with Crippen LogP contribution in [0.3, 0.4) is 0 Å². The van der Waals surface area contributed by atoms with Gasteiger partial charge in [-0.15, -0.1) is 22.5 Å². The smallest absolute Gasteiger partial charge is 0.105 e. The Morgan fingerprint density at radius 2 is 1.43 bits per heavy atom. The van der Waals surface area contributed by atoms with Gasteiger partial charge in [0.1, 0.15) is 6.10 Å². The van der Waals surface area contributed by atoms with Gasteiger partial charge in [0.15, 0.2) is 0 Å². The Kier molecular flexibility index (Phi) is 7.53. The standard InChI is InChI=1S/C20H32O2Si/c1-15(2)23(16(3)4,17(5)6)13-12-18-8-10-19(11-9-18)20(14-21)22-7/h8-11,15-17,20-21H,14H2,1-7H3/q-1. The summed E-state index contributed by atoms with van der Waals surface area (Å²) in [4.78, 5) is 0. The van der Waals surface area contributed by atoms with E-state index in [4.69, 9.17) is 4.74 Å². The third-order valence-electron chi connectivity index (χ3n) is 5.02. The van der Waals surface area contributed by atoms with Crippen molar-refractivity contribution < 1.29 is 9.84 Å². The van der Waals surface area contributed by atoms with Gasteiger partial charge in [-0.1, -0.05) is 61.7 Å². The molecule has 1 atom stereocenters. The van der Waals surface area contributed by atoms with Crippen molar-refractivity contribution in [1.82, 2.24) is 0 Å². The van der Waals surface area contributed by atoms with Gasteiger partial charge in [-0.2, -0.15) is 0 Å². The number of methoxy groups -OCH3 is 1. The number of ether oxygens (including phenoxy) is 1. The molecule has 0 aliphatic rings. The topological polar surface area (TPSA) is 29.5 Å². The Hall–Kier alpha value is -1.08. The van der Waals surface area contributed by atoms with E-state index in [2.05, 4.69) is 53.0 Å². The molecular weight excluding hydrogens is 300 g/mol. The van der Waals surface area contributed by atoms with Gasteiger partial charge in [-0.05, 0) is 17.7 Å². The molecule has 0 amide bonds. The van der Waals surface area contributed by atoms with Gasteiger partial charge in [0.05, 0.1) is 6.61 Å². The highest BCUT2D eigenvalue weighted by molar-refractivity contribution is 6.90. The van der Waals surface area contributed by atoms with Crippen LogP contribution in [0.15, 0.2) is 24.3 Å². The van der Waals surface area contributed by atoms with Gasteiger partial charge < -0.3 is 9.84 Å². The van der Waals surface area contributed by atoms with Gasteiger partial charge in [0.25, 0.3) is 0 Å². The number of hydrogen-bond acceptors (Lipinski definition) is 2. The van der Waals surface area contributed by atoms with E-state index in [9.17, 15) is 5.11 Å². The molecule has 0 heterocycles. The zero-order chi connectivity index (χ0) is 17.6. The second-order valence-corrected chi connectivity index (χ2v) is 12.8. The third-order valence-corrected chi connectivity index (χ3v) is 11.3. The Bertz CT molecular complexity index is 509. The van der Waals surface area contributed by atoms with Crippen molar-refractivity contribution in [3.63, 3.8) is 0 Å². The lowest BCUT2D eigenvalue weighted by molar-refractivity contribution is 0.0484. The second kappa shape index (κ2) is 8.68. The fourth-order valence-electron chi connectivity index (χ4n) is 3.71. The molecule has 0 spiro atoms. The first-order valence-corrected chi connectivity index (χ1v) is 10.8. The normalized spacial score (nSPS) is 13.3. The molecule has 1 N–H and O–H groups in total. The number of benzene rings is 1. The van der Waals surface area contributed by atoms with Crippen LogP contribution >= 0.6 is 0 Å². The fraction of sp³-hybridized carbons (Fsp3) is 0.600. The highest BCUT2D eigenvalue weighted by Gasteiger charge is 2.28. The van der Waals surface area contributed by atoms with Gasteiger partial charge >= 0.3 is 0 Å². The second-order valence-electron chi connectivity index (χ2n) is 7.18. The average molecular weight is 333 g/mol. The first kappa shape index (κ1) is 20.0. The maximum atomic E-state index is 9.29. The molecule has 1 unspecified atom stereocenters. The molecule has 0 aliphatic carbocycles. The molecule has 2 nitrogen and oxygen atoms in total. The van der Waals surface area contributed by atoms with Crippen LogP contribution < -0.4 is 0 Å². The molecular formula is C20H32O2Si-. The van der Waals surface area contributed by atoms with Crippen LogP contribution in [-0.4, -0.2) is 26.9 Å². The lowest BCUT2D eigenvalue weighted by atomic mass is 10.1. The molecule has 0 saturated heterocycles. The van der Waals surface area contributed by atoms with Crippen LogP contribution in [0.25, 0.3) is 0 Å². The van der Waals surface area contributed by atoms with Crippen LogP contribution in [-0.2, 0) is 4.74 Å². The third kappa shape index (κ3) is 4.47. The summed E-state index contributed by atoms with van der Waals surface area (Å²) < 4.78 is 5.25. The van der Waals surface area contributed by atoms with E-state index in [1.807, 2.05) is 24.3 Å². The largest absolute Gasteiger partial charge is 0.393 e. The molecule has 1 aromatic rings. The lowest BCUT2D eigenvalue weighted by Crippen LogP contribution is -2.43. The van der Waals surface area contributed by atoms with Crippen molar-refractivity contribution in [1.29, 1.82) is 0 Å². The Labute approximate surface area is 143 Å². The number of aliphatic hydroxyl groups excluding tert-OH is 1. The Morgan fingerprint density at radius 1 is 0.957 bits per heavy atom. The van der Waals surface area contributed by atoms with Crippen molar-refractivity contribution in [2.75, 3.05) is 13.7 Å². The van der Waals surface area contributed by atoms with E-state index < -0.39 is 8.07 Å². The molecule has 0 radical (unpaired) electrons. The summed E-state index contributed by atoms with van der Waals surface area (Å²) in [5.74, 6) is 3.44. The van der Waals surface area contributed by atoms with Crippen molar-refractivity contribution in [3.05, 3.63) is 35.4 Å². The summed E-state index contributed by atoms with van der Waals surface area (Å²) in [6, 6.07) is 8.06. The Balaban J connectivity index is 3.13. The molecule has 23 heavy (non-hydrogen) atoms. The Morgan fingerprint density at radius 3 is 1.78 bits per heavy atom. The summed E-state index contributed by atoms with van der Waals surface area (Å²) in [6.07, 6.45) is -0.257. The number of hydrogen-bond donors (Lipinski definition) is 1. The number of rotatable bonds is 6. The summed E-state index contributed by atoms with van der Waals surface area (Å²) >= 11 is 0. The summed E-state index contributed by atoms with van der Waals surface area (Å²) in [5.41, 5.74) is 7.68. The first-order valence-electron chi connectivity index (χ1n) is 8.56. The molecule has 0 aliphatic heterocycles. The van der Waals surface area contributed by atoms with Crippen molar-refractivity contribution in [2.24, 2.45) is 0 Å². The maximum Gasteiger partial charge on any atom is 0.105 e. The van der Waals surface area contributed by atoms with Gasteiger partial charge in [-0.25, -0.2) is 0 Å². The van der Waals surface area contributed by atoms with Crippen LogP contribution in [0.5, 0.6) is 0 Å². The predicted octanol–water partition coefficient (Wildman–Crippen LogP) is 4.94. The van der Waals surface area contributed by atoms with Crippen LogP contribution in [0.1, 0.15) is 58.8 Å². The molecule has 0 fully saturated rings. The minimum absolute atomic E-state index is 0.00834. The predicted molar refractivity (Wildman–Crippen MR) is 101 cm³/mol. The first-order chi connectivity index (χ1) is 10.8. The van der Waals surface area contributed by atoms with Crippen molar-refractivity contribution in [2.45, 2.75) is 64.3 Å². The van der Waals surface area contributed by atoms with Gasteiger partial charge in [0, 0.05) is 12.7 Å². The quantitative estimate of drug-likeness (QED) is 0.591. The highest BCUT2D eigenvalue weighted by atomic mass is 28.3. The maximum absolute atomic E-state index is 9.29. The zero-order valence-electron chi connectivity index (χ0n) is 15.7. The lowest BCUT2D eigenvalue weighted by Gasteiger charge is -2.50. The van der Waals surface area contributed by atoms with E-state index in [0.29, 0.717) is 16.6 Å². The molecule has 1 aromatic carbocycles. The van der Waals surface area contributed by atoms with Crippen LogP contribution in [0, 0.1) is 11.5 Å². The van der Waals surface area contributed by atoms with Crippen LogP contribution in [0.4, 0.5) is 0 Å². The average Bonchev–Trinajstić information content (AvgIpc) is 2.49. The SMILES string of the molecule is COC(CO)c1ccc(C#C[Si-](C(C)C)(C(C)C)C(C)C)cc1. The molecule has 0 aromatic heterocycles. The van der Waals surface area contributed by atoms with Crippen molar-refractivity contribution >= 4 is 8.07 Å². The van der Waals surface area contributed by atoms with E-state index in [0.717, 1.165) is 11.1 Å². The van der Waals surface area contributed by atoms with E-state index >= 15 is 0 Å². The summed E-state index contributed by atoms with van der Waals surface area (Å²) in [5, 5.41) is 9.29. The molecule has 0 bridgehead atoms. The van der Waals surface area contributed by atoms with E-state index in [-0.39, 0.29) is 12.7 Å².